The Balaban J connectivity index is 1.84. The lowest BCUT2D eigenvalue weighted by molar-refractivity contribution is -0.149. The van der Waals surface area contributed by atoms with Gasteiger partial charge in [-0.25, -0.2) is 9.78 Å². The highest BCUT2D eigenvalue weighted by Gasteiger charge is 2.22. The molecule has 5 nitrogen and oxygen atoms in total. The molecular weight excluding hydrogens is 304 g/mol. The molecule has 0 bridgehead atoms. The molecule has 0 fully saturated rings. The minimum atomic E-state index is -0.682. The van der Waals surface area contributed by atoms with Gasteiger partial charge in [0.2, 0.25) is 0 Å². The second-order valence-electron chi connectivity index (χ2n) is 5.49. The van der Waals surface area contributed by atoms with E-state index in [0.29, 0.717) is 17.3 Å². The molecule has 3 aromatic rings. The zero-order chi connectivity index (χ0) is 16.9. The normalized spacial score (nSPS) is 12.0. The van der Waals surface area contributed by atoms with E-state index in [-0.39, 0.29) is 12.2 Å². The molecule has 122 valence electrons. The lowest BCUT2D eigenvalue weighted by atomic mass is 10.2. The fourth-order valence-electron chi connectivity index (χ4n) is 2.61. The van der Waals surface area contributed by atoms with Crippen LogP contribution in [0, 0.1) is 0 Å². The Hall–Kier alpha value is -2.95. The summed E-state index contributed by atoms with van der Waals surface area (Å²) in [4.78, 5) is 29.3. The first-order valence-corrected chi connectivity index (χ1v) is 7.87. The van der Waals surface area contributed by atoms with Crippen LogP contribution in [-0.2, 0) is 16.1 Å². The van der Waals surface area contributed by atoms with Crippen LogP contribution in [0.3, 0.4) is 0 Å². The molecule has 3 rings (SSSR count). The van der Waals surface area contributed by atoms with Gasteiger partial charge in [-0.15, -0.1) is 0 Å². The van der Waals surface area contributed by atoms with Crippen molar-refractivity contribution in [2.75, 3.05) is 0 Å². The first-order valence-electron chi connectivity index (χ1n) is 7.87. The van der Waals surface area contributed by atoms with Gasteiger partial charge in [-0.3, -0.25) is 9.36 Å². The standard InChI is InChI=1S/C19H18N2O3/c1-2-17(19(23)24-12-14-8-4-3-5-9-14)21-13-20-16-11-7-6-10-15(16)18(21)22/h3-11,13,17H,2,12H2,1H3. The van der Waals surface area contributed by atoms with E-state index in [4.69, 9.17) is 4.74 Å². The molecule has 0 saturated heterocycles. The van der Waals surface area contributed by atoms with Crippen LogP contribution >= 0.6 is 0 Å². The number of carbonyl (C=O) groups is 1. The molecule has 1 heterocycles. The summed E-state index contributed by atoms with van der Waals surface area (Å²) in [7, 11) is 0. The second kappa shape index (κ2) is 7.08. The number of hydrogen-bond acceptors (Lipinski definition) is 4. The second-order valence-corrected chi connectivity index (χ2v) is 5.49. The molecule has 0 N–H and O–H groups in total. The minimum Gasteiger partial charge on any atom is -0.459 e. The number of benzene rings is 2. The van der Waals surface area contributed by atoms with E-state index in [2.05, 4.69) is 4.98 Å². The third kappa shape index (κ3) is 3.20. The number of nitrogens with zero attached hydrogens (tertiary/aromatic N) is 2. The van der Waals surface area contributed by atoms with Crippen molar-refractivity contribution in [1.29, 1.82) is 0 Å². The summed E-state index contributed by atoms with van der Waals surface area (Å²) in [5, 5.41) is 0.495. The number of rotatable bonds is 5. The highest BCUT2D eigenvalue weighted by Crippen LogP contribution is 2.14. The van der Waals surface area contributed by atoms with Crippen LogP contribution in [0.5, 0.6) is 0 Å². The fourth-order valence-corrected chi connectivity index (χ4v) is 2.61. The average molecular weight is 322 g/mol. The van der Waals surface area contributed by atoms with E-state index in [1.807, 2.05) is 43.3 Å². The van der Waals surface area contributed by atoms with Crippen molar-refractivity contribution in [2.45, 2.75) is 26.0 Å². The quantitative estimate of drug-likeness (QED) is 0.677. The van der Waals surface area contributed by atoms with Gasteiger partial charge in [-0.1, -0.05) is 49.4 Å². The van der Waals surface area contributed by atoms with Crippen LogP contribution in [0.4, 0.5) is 0 Å². The highest BCUT2D eigenvalue weighted by molar-refractivity contribution is 5.78. The first kappa shape index (κ1) is 15.9. The molecular formula is C19H18N2O3. The van der Waals surface area contributed by atoms with Crippen molar-refractivity contribution in [3.63, 3.8) is 0 Å². The van der Waals surface area contributed by atoms with E-state index in [0.717, 1.165) is 5.56 Å². The number of hydrogen-bond donors (Lipinski definition) is 0. The van der Waals surface area contributed by atoms with E-state index in [1.165, 1.54) is 10.9 Å². The van der Waals surface area contributed by atoms with E-state index in [9.17, 15) is 9.59 Å². The summed E-state index contributed by atoms with van der Waals surface area (Å²) in [6, 6.07) is 15.9. The van der Waals surface area contributed by atoms with Crippen molar-refractivity contribution in [3.05, 3.63) is 76.8 Å². The Kier molecular flexibility index (Phi) is 4.70. The predicted octanol–water partition coefficient (Wildman–Crippen LogP) is 3.09. The van der Waals surface area contributed by atoms with Crippen LogP contribution in [0.2, 0.25) is 0 Å². The predicted molar refractivity (Wildman–Crippen MR) is 91.6 cm³/mol. The SMILES string of the molecule is CCC(C(=O)OCc1ccccc1)n1cnc2ccccc2c1=O. The Labute approximate surface area is 139 Å². The maximum absolute atomic E-state index is 12.6. The molecule has 0 spiro atoms. The van der Waals surface area contributed by atoms with Gasteiger partial charge in [0.1, 0.15) is 12.6 Å². The maximum atomic E-state index is 12.6. The molecule has 1 unspecified atom stereocenters. The average Bonchev–Trinajstić information content (AvgIpc) is 2.63. The molecule has 0 aliphatic carbocycles. The smallest absolute Gasteiger partial charge is 0.329 e. The summed E-state index contributed by atoms with van der Waals surface area (Å²) in [5.41, 5.74) is 1.29. The molecule has 24 heavy (non-hydrogen) atoms. The Morgan fingerprint density at radius 2 is 1.83 bits per heavy atom. The lowest BCUT2D eigenvalue weighted by Gasteiger charge is -2.17. The number of ether oxygens (including phenoxy) is 1. The highest BCUT2D eigenvalue weighted by atomic mass is 16.5. The van der Waals surface area contributed by atoms with Gasteiger partial charge in [-0.05, 0) is 24.1 Å². The number of carbonyl (C=O) groups excluding carboxylic acids is 1. The molecule has 1 aromatic heterocycles. The molecule has 0 aliphatic rings. The third-order valence-electron chi connectivity index (χ3n) is 3.91. The topological polar surface area (TPSA) is 61.2 Å². The summed E-state index contributed by atoms with van der Waals surface area (Å²) < 4.78 is 6.73. The Bertz CT molecular complexity index is 903. The summed E-state index contributed by atoms with van der Waals surface area (Å²) in [6.07, 6.45) is 1.87. The van der Waals surface area contributed by atoms with Crippen molar-refractivity contribution in [1.82, 2.24) is 9.55 Å². The van der Waals surface area contributed by atoms with Crippen LogP contribution in [0.25, 0.3) is 10.9 Å². The van der Waals surface area contributed by atoms with Gasteiger partial charge < -0.3 is 4.74 Å². The minimum absolute atomic E-state index is 0.186. The monoisotopic (exact) mass is 322 g/mol. The van der Waals surface area contributed by atoms with E-state index >= 15 is 0 Å². The number of aromatic nitrogens is 2. The van der Waals surface area contributed by atoms with Gasteiger partial charge in [0.05, 0.1) is 17.2 Å². The van der Waals surface area contributed by atoms with E-state index < -0.39 is 12.0 Å². The first-order chi connectivity index (χ1) is 11.7. The molecule has 0 radical (unpaired) electrons. The van der Waals surface area contributed by atoms with Crippen LogP contribution in [0.15, 0.2) is 65.7 Å². The number of esters is 1. The van der Waals surface area contributed by atoms with Gasteiger partial charge in [-0.2, -0.15) is 0 Å². The fraction of sp³-hybridized carbons (Fsp3) is 0.211. The van der Waals surface area contributed by atoms with Gasteiger partial charge in [0.25, 0.3) is 5.56 Å². The van der Waals surface area contributed by atoms with E-state index in [1.54, 1.807) is 18.2 Å². The Morgan fingerprint density at radius 3 is 2.58 bits per heavy atom. The van der Waals surface area contributed by atoms with Crippen molar-refractivity contribution in [2.24, 2.45) is 0 Å². The lowest BCUT2D eigenvalue weighted by Crippen LogP contribution is -2.31. The zero-order valence-corrected chi connectivity index (χ0v) is 13.4. The largest absolute Gasteiger partial charge is 0.459 e. The third-order valence-corrected chi connectivity index (χ3v) is 3.91. The van der Waals surface area contributed by atoms with Gasteiger partial charge in [0.15, 0.2) is 0 Å². The molecule has 0 amide bonds. The molecule has 1 atom stereocenters. The molecule has 0 aliphatic heterocycles. The number of para-hydroxylation sites is 1. The van der Waals surface area contributed by atoms with Gasteiger partial charge in [0, 0.05) is 0 Å². The molecule has 5 heteroatoms. The van der Waals surface area contributed by atoms with Crippen molar-refractivity contribution >= 4 is 16.9 Å². The van der Waals surface area contributed by atoms with Crippen molar-refractivity contribution in [3.8, 4) is 0 Å². The summed E-state index contributed by atoms with van der Waals surface area (Å²) in [5.74, 6) is -0.430. The maximum Gasteiger partial charge on any atom is 0.329 e. The van der Waals surface area contributed by atoms with Crippen LogP contribution in [-0.4, -0.2) is 15.5 Å². The van der Waals surface area contributed by atoms with Crippen LogP contribution < -0.4 is 5.56 Å². The summed E-state index contributed by atoms with van der Waals surface area (Å²) >= 11 is 0. The molecule has 0 saturated carbocycles. The van der Waals surface area contributed by atoms with Gasteiger partial charge >= 0.3 is 5.97 Å². The van der Waals surface area contributed by atoms with Crippen molar-refractivity contribution < 1.29 is 9.53 Å². The Morgan fingerprint density at radius 1 is 1.12 bits per heavy atom. The van der Waals surface area contributed by atoms with Crippen LogP contribution in [0.1, 0.15) is 24.9 Å². The molecule has 2 aromatic carbocycles. The summed E-state index contributed by atoms with van der Waals surface area (Å²) in [6.45, 7) is 2.03. The zero-order valence-electron chi connectivity index (χ0n) is 13.4. The number of fused-ring (bicyclic) bond motifs is 1.